The molecule has 1 aromatic carbocycles. The Labute approximate surface area is 77.0 Å². The summed E-state index contributed by atoms with van der Waals surface area (Å²) >= 11 is 0. The van der Waals surface area contributed by atoms with Crippen molar-refractivity contribution in [3.05, 3.63) is 35.6 Å². The van der Waals surface area contributed by atoms with Gasteiger partial charge in [-0.05, 0) is 24.1 Å². The zero-order valence-corrected chi connectivity index (χ0v) is 6.46. The maximum absolute atomic E-state index is 12.4. The molecule has 0 amide bonds. The molecule has 2 nitrogen and oxygen atoms in total. The molecule has 3 heteroatoms. The van der Waals surface area contributed by atoms with Gasteiger partial charge in [0.05, 0.1) is 0 Å². The standard InChI is InChI=1S/C9H9FO2.CH4/c10-8-4-1-7(2-5-8)3-6-9(11)12;/h1-2,4-5H,3,6H2,(H,11,12);1H4. The predicted octanol–water partition coefficient (Wildman–Crippen LogP) is 2.48. The van der Waals surface area contributed by atoms with Gasteiger partial charge in [0.15, 0.2) is 0 Å². The molecule has 1 rings (SSSR count). The first kappa shape index (κ1) is 11.6. The van der Waals surface area contributed by atoms with Gasteiger partial charge in [-0.2, -0.15) is 0 Å². The van der Waals surface area contributed by atoms with Crippen LogP contribution >= 0.6 is 0 Å². The minimum atomic E-state index is -0.834. The lowest BCUT2D eigenvalue weighted by Gasteiger charge is -1.96. The van der Waals surface area contributed by atoms with E-state index in [0.29, 0.717) is 6.42 Å². The second-order valence-corrected chi connectivity index (χ2v) is 2.52. The smallest absolute Gasteiger partial charge is 0.303 e. The van der Waals surface area contributed by atoms with Crippen LogP contribution in [0.2, 0.25) is 0 Å². The van der Waals surface area contributed by atoms with E-state index < -0.39 is 5.97 Å². The van der Waals surface area contributed by atoms with E-state index in [2.05, 4.69) is 0 Å². The summed E-state index contributed by atoms with van der Waals surface area (Å²) in [6, 6.07) is 5.85. The number of carboxylic acids is 1. The Morgan fingerprint density at radius 1 is 1.31 bits per heavy atom. The quantitative estimate of drug-likeness (QED) is 0.783. The van der Waals surface area contributed by atoms with Gasteiger partial charge in [0.1, 0.15) is 5.82 Å². The summed E-state index contributed by atoms with van der Waals surface area (Å²) in [4.78, 5) is 10.2. The van der Waals surface area contributed by atoms with Crippen LogP contribution in [0.15, 0.2) is 24.3 Å². The fourth-order valence-electron chi connectivity index (χ4n) is 0.902. The van der Waals surface area contributed by atoms with Crippen molar-refractivity contribution in [2.45, 2.75) is 20.3 Å². The Hall–Kier alpha value is -1.38. The number of aliphatic carboxylic acids is 1. The van der Waals surface area contributed by atoms with Crippen molar-refractivity contribution in [2.24, 2.45) is 0 Å². The molecule has 72 valence electrons. The molecule has 0 radical (unpaired) electrons. The third-order valence-corrected chi connectivity index (χ3v) is 1.54. The largest absolute Gasteiger partial charge is 0.481 e. The molecular formula is C10H13FO2. The van der Waals surface area contributed by atoms with Crippen LogP contribution in [0.25, 0.3) is 0 Å². The third-order valence-electron chi connectivity index (χ3n) is 1.54. The fourth-order valence-corrected chi connectivity index (χ4v) is 0.902. The number of halogens is 1. The number of rotatable bonds is 3. The van der Waals surface area contributed by atoms with Gasteiger partial charge in [0.2, 0.25) is 0 Å². The normalized spacial score (nSPS) is 9.00. The monoisotopic (exact) mass is 184 g/mol. The van der Waals surface area contributed by atoms with Crippen LogP contribution in [0.4, 0.5) is 4.39 Å². The Kier molecular flexibility index (Phi) is 4.74. The molecule has 0 saturated heterocycles. The van der Waals surface area contributed by atoms with Crippen LogP contribution in [0.1, 0.15) is 19.4 Å². The van der Waals surface area contributed by atoms with Crippen LogP contribution in [-0.2, 0) is 11.2 Å². The number of carboxylic acid groups (broad SMARTS) is 1. The molecule has 0 aliphatic rings. The van der Waals surface area contributed by atoms with Gasteiger partial charge in [0.25, 0.3) is 0 Å². The molecule has 0 aromatic heterocycles. The molecule has 0 saturated carbocycles. The van der Waals surface area contributed by atoms with Gasteiger partial charge in [-0.15, -0.1) is 0 Å². The van der Waals surface area contributed by atoms with Crippen LogP contribution in [-0.4, -0.2) is 11.1 Å². The average Bonchev–Trinajstić information content (AvgIpc) is 2.03. The molecule has 0 bridgehead atoms. The molecule has 0 fully saturated rings. The lowest BCUT2D eigenvalue weighted by Crippen LogP contribution is -1.97. The van der Waals surface area contributed by atoms with Crippen molar-refractivity contribution in [2.75, 3.05) is 0 Å². The molecule has 1 aromatic rings. The van der Waals surface area contributed by atoms with Crippen molar-refractivity contribution in [3.63, 3.8) is 0 Å². The summed E-state index contributed by atoms with van der Waals surface area (Å²) in [5.41, 5.74) is 0.846. The second-order valence-electron chi connectivity index (χ2n) is 2.52. The summed E-state index contributed by atoms with van der Waals surface area (Å²) in [7, 11) is 0. The average molecular weight is 184 g/mol. The SMILES string of the molecule is C.O=C(O)CCc1ccc(F)cc1. The molecule has 0 spiro atoms. The van der Waals surface area contributed by atoms with E-state index in [1.165, 1.54) is 12.1 Å². The van der Waals surface area contributed by atoms with Crippen molar-refractivity contribution in [1.82, 2.24) is 0 Å². The van der Waals surface area contributed by atoms with Crippen LogP contribution < -0.4 is 0 Å². The third kappa shape index (κ3) is 4.25. The van der Waals surface area contributed by atoms with Crippen LogP contribution in [0.3, 0.4) is 0 Å². The molecule has 13 heavy (non-hydrogen) atoms. The Morgan fingerprint density at radius 3 is 2.31 bits per heavy atom. The predicted molar refractivity (Wildman–Crippen MR) is 49.1 cm³/mol. The Balaban J connectivity index is 0.00000144. The van der Waals surface area contributed by atoms with Crippen molar-refractivity contribution in [1.29, 1.82) is 0 Å². The van der Waals surface area contributed by atoms with Gasteiger partial charge in [-0.3, -0.25) is 4.79 Å². The molecule has 0 heterocycles. The van der Waals surface area contributed by atoms with E-state index in [-0.39, 0.29) is 19.7 Å². The highest BCUT2D eigenvalue weighted by molar-refractivity contribution is 5.67. The first-order valence-electron chi connectivity index (χ1n) is 3.65. The van der Waals surface area contributed by atoms with Gasteiger partial charge < -0.3 is 5.11 Å². The van der Waals surface area contributed by atoms with Crippen molar-refractivity contribution >= 4 is 5.97 Å². The van der Waals surface area contributed by atoms with Gasteiger partial charge in [-0.1, -0.05) is 19.6 Å². The molecular weight excluding hydrogens is 171 g/mol. The summed E-state index contributed by atoms with van der Waals surface area (Å²) in [5.74, 6) is -1.13. The Bertz CT molecular complexity index is 267. The molecule has 0 aliphatic carbocycles. The van der Waals surface area contributed by atoms with E-state index in [1.807, 2.05) is 0 Å². The molecule has 0 aliphatic heterocycles. The molecule has 0 atom stereocenters. The van der Waals surface area contributed by atoms with E-state index in [4.69, 9.17) is 5.11 Å². The van der Waals surface area contributed by atoms with E-state index in [1.54, 1.807) is 12.1 Å². The fraction of sp³-hybridized carbons (Fsp3) is 0.300. The molecule has 0 unspecified atom stereocenters. The lowest BCUT2D eigenvalue weighted by molar-refractivity contribution is -0.136. The zero-order valence-electron chi connectivity index (χ0n) is 6.46. The number of hydrogen-bond acceptors (Lipinski definition) is 1. The minimum absolute atomic E-state index is 0. The lowest BCUT2D eigenvalue weighted by atomic mass is 10.1. The number of hydrogen-bond donors (Lipinski definition) is 1. The van der Waals surface area contributed by atoms with Gasteiger partial charge in [-0.25, -0.2) is 4.39 Å². The first-order valence-corrected chi connectivity index (χ1v) is 3.65. The van der Waals surface area contributed by atoms with Crippen molar-refractivity contribution in [3.8, 4) is 0 Å². The highest BCUT2D eigenvalue weighted by Crippen LogP contribution is 2.04. The second kappa shape index (κ2) is 5.30. The number of aryl methyl sites for hydroxylation is 1. The highest BCUT2D eigenvalue weighted by atomic mass is 19.1. The number of carbonyl (C=O) groups is 1. The summed E-state index contributed by atoms with van der Waals surface area (Å²) in [5, 5.41) is 8.36. The van der Waals surface area contributed by atoms with Gasteiger partial charge >= 0.3 is 5.97 Å². The molecule has 1 N–H and O–H groups in total. The summed E-state index contributed by atoms with van der Waals surface area (Å²) in [6.07, 6.45) is 0.543. The van der Waals surface area contributed by atoms with E-state index >= 15 is 0 Å². The van der Waals surface area contributed by atoms with Crippen LogP contribution in [0, 0.1) is 5.82 Å². The maximum Gasteiger partial charge on any atom is 0.303 e. The Morgan fingerprint density at radius 2 is 1.85 bits per heavy atom. The highest BCUT2D eigenvalue weighted by Gasteiger charge is 1.98. The first-order chi connectivity index (χ1) is 5.68. The summed E-state index contributed by atoms with van der Waals surface area (Å²) < 4.78 is 12.4. The van der Waals surface area contributed by atoms with Crippen LogP contribution in [0.5, 0.6) is 0 Å². The van der Waals surface area contributed by atoms with E-state index in [9.17, 15) is 9.18 Å². The number of benzene rings is 1. The van der Waals surface area contributed by atoms with Crippen molar-refractivity contribution < 1.29 is 14.3 Å². The maximum atomic E-state index is 12.4. The zero-order chi connectivity index (χ0) is 8.97. The van der Waals surface area contributed by atoms with Gasteiger partial charge in [0, 0.05) is 6.42 Å². The summed E-state index contributed by atoms with van der Waals surface area (Å²) in [6.45, 7) is 0. The topological polar surface area (TPSA) is 37.3 Å². The van der Waals surface area contributed by atoms with E-state index in [0.717, 1.165) is 5.56 Å². The minimum Gasteiger partial charge on any atom is -0.481 e.